The van der Waals surface area contributed by atoms with Crippen LogP contribution < -0.4 is 16.0 Å². The highest BCUT2D eigenvalue weighted by molar-refractivity contribution is 8.13. The summed E-state index contributed by atoms with van der Waals surface area (Å²) in [6.45, 7) is 4.63. The molecule has 1 aromatic heterocycles. The standard InChI is InChI=1S/C24H31FN4O6S/c1-4-18-22(32)29-19(5-2)24(34)35-16(8-6-7-11-36-14(3)30)12-20(31)26-13-15-9-10-17(25)21(27-15)23(33)28-18/h4,6,8-10,16,19,22,29,32H,5,7,11-13H2,1-3H3,(H,26,31)(H,28,33)/b8-6+,18-4-/t16-,19+,22?/m1/s1. The Labute approximate surface area is 213 Å². The third kappa shape index (κ3) is 9.17. The third-order valence-electron chi connectivity index (χ3n) is 5.10. The second kappa shape index (κ2) is 14.5. The van der Waals surface area contributed by atoms with Crippen molar-refractivity contribution in [1.82, 2.24) is 20.9 Å². The number of nitrogens with one attached hydrogen (secondary N) is 3. The van der Waals surface area contributed by atoms with Gasteiger partial charge in [-0.1, -0.05) is 30.8 Å². The van der Waals surface area contributed by atoms with Crippen molar-refractivity contribution in [3.8, 4) is 0 Å². The van der Waals surface area contributed by atoms with Crippen LogP contribution >= 0.6 is 11.8 Å². The molecule has 1 aliphatic rings. The molecule has 0 saturated carbocycles. The fourth-order valence-corrected chi connectivity index (χ4v) is 3.75. The number of ether oxygens (including phenoxy) is 1. The summed E-state index contributed by atoms with van der Waals surface area (Å²) >= 11 is 1.16. The molecule has 4 N–H and O–H groups in total. The molecule has 1 aliphatic heterocycles. The molecule has 0 fully saturated rings. The van der Waals surface area contributed by atoms with Gasteiger partial charge in [-0.2, -0.15) is 0 Å². The maximum absolute atomic E-state index is 14.3. The van der Waals surface area contributed by atoms with Gasteiger partial charge in [0.25, 0.3) is 5.91 Å². The molecule has 2 rings (SSSR count). The number of pyridine rings is 1. The maximum atomic E-state index is 14.3. The molecule has 196 valence electrons. The Hall–Kier alpha value is -3.09. The fourth-order valence-electron chi connectivity index (χ4n) is 3.20. The summed E-state index contributed by atoms with van der Waals surface area (Å²) in [4.78, 5) is 53.1. The number of esters is 1. The van der Waals surface area contributed by atoms with E-state index in [1.54, 1.807) is 26.0 Å². The smallest absolute Gasteiger partial charge is 0.323 e. The van der Waals surface area contributed by atoms with Crippen molar-refractivity contribution in [3.63, 3.8) is 0 Å². The van der Waals surface area contributed by atoms with Crippen molar-refractivity contribution in [1.29, 1.82) is 0 Å². The summed E-state index contributed by atoms with van der Waals surface area (Å²) in [5, 5.41) is 18.3. The van der Waals surface area contributed by atoms with Crippen LogP contribution in [0.3, 0.4) is 0 Å². The SMILES string of the molecule is C/C=C1\NC(=O)c2nc(ccc2F)CNC(=O)C[C@@H](/C=C/CCSC(C)=O)OC(=O)[C@H](CC)NC1O. The number of carbonyl (C=O) groups is 4. The molecule has 2 bridgehead atoms. The number of aliphatic hydroxyl groups excluding tert-OH is 1. The largest absolute Gasteiger partial charge is 0.456 e. The van der Waals surface area contributed by atoms with Crippen LogP contribution in [0.2, 0.25) is 0 Å². The summed E-state index contributed by atoms with van der Waals surface area (Å²) in [5.41, 5.74) is -0.271. The van der Waals surface area contributed by atoms with Gasteiger partial charge < -0.3 is 20.5 Å². The molecular formula is C24H31FN4O6S. The van der Waals surface area contributed by atoms with Crippen LogP contribution in [0.4, 0.5) is 4.39 Å². The molecule has 1 unspecified atom stereocenters. The second-order valence-electron chi connectivity index (χ2n) is 7.87. The number of rotatable bonds is 5. The lowest BCUT2D eigenvalue weighted by atomic mass is 10.1. The molecular weight excluding hydrogens is 491 g/mol. The van der Waals surface area contributed by atoms with Gasteiger partial charge in [-0.3, -0.25) is 24.5 Å². The second-order valence-corrected chi connectivity index (χ2v) is 9.15. The molecule has 0 saturated heterocycles. The molecule has 10 nitrogen and oxygen atoms in total. The highest BCUT2D eigenvalue weighted by atomic mass is 32.2. The van der Waals surface area contributed by atoms with E-state index < -0.39 is 47.7 Å². The number of halogens is 1. The third-order valence-corrected chi connectivity index (χ3v) is 5.94. The number of fused-ring (bicyclic) bond motifs is 2. The highest BCUT2D eigenvalue weighted by Crippen LogP contribution is 2.12. The molecule has 1 aromatic rings. The molecule has 2 amide bonds. The normalized spacial score (nSPS) is 23.3. The molecule has 0 aromatic carbocycles. The van der Waals surface area contributed by atoms with Gasteiger partial charge in [-0.15, -0.1) is 0 Å². The van der Waals surface area contributed by atoms with Crippen molar-refractivity contribution in [2.45, 2.75) is 65.0 Å². The van der Waals surface area contributed by atoms with Gasteiger partial charge in [0.05, 0.1) is 24.4 Å². The van der Waals surface area contributed by atoms with Gasteiger partial charge in [-0.05, 0) is 38.0 Å². The van der Waals surface area contributed by atoms with Gasteiger partial charge in [0.2, 0.25) is 5.91 Å². The first-order valence-electron chi connectivity index (χ1n) is 11.5. The lowest BCUT2D eigenvalue weighted by molar-refractivity contribution is -0.151. The van der Waals surface area contributed by atoms with E-state index in [0.29, 0.717) is 12.2 Å². The molecule has 3 atom stereocenters. The molecule has 2 heterocycles. The fraction of sp³-hybridized carbons (Fsp3) is 0.458. The number of thioether (sulfide) groups is 1. The number of hydrogen-bond acceptors (Lipinski definition) is 9. The topological polar surface area (TPSA) is 147 Å². The average molecular weight is 523 g/mol. The Kier molecular flexibility index (Phi) is 11.7. The lowest BCUT2D eigenvalue weighted by Gasteiger charge is -2.24. The number of carbonyl (C=O) groups excluding carboxylic acids is 4. The number of aliphatic hydroxyl groups is 1. The Morgan fingerprint density at radius 2 is 2.08 bits per heavy atom. The Bertz CT molecular complexity index is 1030. The lowest BCUT2D eigenvalue weighted by Crippen LogP contribution is -2.48. The van der Waals surface area contributed by atoms with Gasteiger partial charge >= 0.3 is 5.97 Å². The highest BCUT2D eigenvalue weighted by Gasteiger charge is 2.27. The number of hydrogen-bond donors (Lipinski definition) is 4. The van der Waals surface area contributed by atoms with Crippen molar-refractivity contribution in [2.24, 2.45) is 0 Å². The average Bonchev–Trinajstić information content (AvgIpc) is 2.83. The molecule has 0 spiro atoms. The van der Waals surface area contributed by atoms with Crippen LogP contribution in [-0.2, 0) is 25.7 Å². The number of aromatic nitrogens is 1. The van der Waals surface area contributed by atoms with E-state index in [2.05, 4.69) is 20.9 Å². The summed E-state index contributed by atoms with van der Waals surface area (Å²) < 4.78 is 19.8. The monoisotopic (exact) mass is 522 g/mol. The molecule has 0 aliphatic carbocycles. The minimum Gasteiger partial charge on any atom is -0.456 e. The first kappa shape index (κ1) is 29.1. The zero-order valence-corrected chi connectivity index (χ0v) is 21.2. The zero-order chi connectivity index (χ0) is 26.7. The van der Waals surface area contributed by atoms with E-state index in [-0.39, 0.29) is 35.9 Å². The number of amides is 2. The van der Waals surface area contributed by atoms with Gasteiger partial charge in [0, 0.05) is 12.7 Å². The first-order chi connectivity index (χ1) is 17.1. The molecule has 12 heteroatoms. The summed E-state index contributed by atoms with van der Waals surface area (Å²) in [6.07, 6.45) is 2.90. The Morgan fingerprint density at radius 3 is 2.75 bits per heavy atom. The maximum Gasteiger partial charge on any atom is 0.323 e. The van der Waals surface area contributed by atoms with Gasteiger partial charge in [0.1, 0.15) is 18.4 Å². The summed E-state index contributed by atoms with van der Waals surface area (Å²) in [5.74, 6) is -2.39. The van der Waals surface area contributed by atoms with Gasteiger partial charge in [0.15, 0.2) is 16.6 Å². The first-order valence-corrected chi connectivity index (χ1v) is 12.5. The van der Waals surface area contributed by atoms with E-state index in [9.17, 15) is 28.7 Å². The number of cyclic esters (lactones) is 1. The van der Waals surface area contributed by atoms with E-state index in [0.717, 1.165) is 17.8 Å². The van der Waals surface area contributed by atoms with Crippen LogP contribution in [0, 0.1) is 5.82 Å². The van der Waals surface area contributed by atoms with Crippen LogP contribution in [-0.4, -0.2) is 57.1 Å². The van der Waals surface area contributed by atoms with Crippen molar-refractivity contribution >= 4 is 34.7 Å². The van der Waals surface area contributed by atoms with Crippen molar-refractivity contribution in [2.75, 3.05) is 5.75 Å². The minimum absolute atomic E-state index is 0.00216. The summed E-state index contributed by atoms with van der Waals surface area (Å²) in [7, 11) is 0. The number of nitrogens with zero attached hydrogens (tertiary/aromatic N) is 1. The minimum atomic E-state index is -1.48. The van der Waals surface area contributed by atoms with Gasteiger partial charge in [-0.25, -0.2) is 9.37 Å². The Morgan fingerprint density at radius 1 is 1.33 bits per heavy atom. The van der Waals surface area contributed by atoms with Crippen molar-refractivity contribution in [3.05, 3.63) is 53.3 Å². The van der Waals surface area contributed by atoms with E-state index >= 15 is 0 Å². The van der Waals surface area contributed by atoms with E-state index in [1.807, 2.05) is 0 Å². The predicted octanol–water partition coefficient (Wildman–Crippen LogP) is 1.70. The van der Waals surface area contributed by atoms with Crippen LogP contribution in [0.25, 0.3) is 0 Å². The van der Waals surface area contributed by atoms with Crippen LogP contribution in [0.15, 0.2) is 36.1 Å². The van der Waals surface area contributed by atoms with Crippen LogP contribution in [0.1, 0.15) is 56.2 Å². The quantitative estimate of drug-likeness (QED) is 0.258. The zero-order valence-electron chi connectivity index (χ0n) is 20.4. The molecule has 36 heavy (non-hydrogen) atoms. The van der Waals surface area contributed by atoms with E-state index in [4.69, 9.17) is 4.74 Å². The Balaban J connectivity index is 2.32. The predicted molar refractivity (Wildman–Crippen MR) is 132 cm³/mol. The molecule has 0 radical (unpaired) electrons. The summed E-state index contributed by atoms with van der Waals surface area (Å²) in [6, 6.07) is 1.43. The van der Waals surface area contributed by atoms with Crippen LogP contribution in [0.5, 0.6) is 0 Å². The van der Waals surface area contributed by atoms with Crippen molar-refractivity contribution < 1.29 is 33.4 Å². The number of allylic oxidation sites excluding steroid dienone is 2. The van der Waals surface area contributed by atoms with E-state index in [1.165, 1.54) is 19.1 Å².